The van der Waals surface area contributed by atoms with Crippen molar-refractivity contribution in [2.75, 3.05) is 0 Å². The molecule has 0 fully saturated rings. The first kappa shape index (κ1) is 13.6. The Kier molecular flexibility index (Phi) is 4.11. The third kappa shape index (κ3) is 3.35. The fourth-order valence-electron chi connectivity index (χ4n) is 2.80. The largest absolute Gasteiger partial charge is 0.0893 e. The average Bonchev–Trinajstić information content (AvgIpc) is 2.27. The third-order valence-electron chi connectivity index (χ3n) is 3.38. The second-order valence-corrected chi connectivity index (χ2v) is 7.53. The van der Waals surface area contributed by atoms with E-state index in [1.807, 2.05) is 0 Å². The molecule has 0 saturated heterocycles. The van der Waals surface area contributed by atoms with E-state index in [0.29, 0.717) is 10.2 Å². The van der Waals surface area contributed by atoms with Gasteiger partial charge in [0.05, 0.1) is 0 Å². The lowest BCUT2D eigenvalue weighted by Gasteiger charge is -2.26. The van der Waals surface area contributed by atoms with Gasteiger partial charge >= 0.3 is 0 Å². The number of fused-ring (bicyclic) bond motifs is 1. The van der Waals surface area contributed by atoms with Crippen LogP contribution in [0.2, 0.25) is 0 Å². The molecule has 18 heavy (non-hydrogen) atoms. The Balaban J connectivity index is 2.32. The summed E-state index contributed by atoms with van der Waals surface area (Å²) in [7, 11) is 0. The normalized spacial score (nSPS) is 13.8. The minimum Gasteiger partial charge on any atom is -0.0893 e. The van der Waals surface area contributed by atoms with Gasteiger partial charge in [-0.15, -0.1) is 0 Å². The van der Waals surface area contributed by atoms with Crippen molar-refractivity contribution < 1.29 is 0 Å². The Bertz CT molecular complexity index is 521. The van der Waals surface area contributed by atoms with Crippen LogP contribution in [0.5, 0.6) is 0 Å². The highest BCUT2D eigenvalue weighted by Gasteiger charge is 2.21. The Labute approximate surface area is 119 Å². The van der Waals surface area contributed by atoms with Gasteiger partial charge in [0.25, 0.3) is 0 Å². The lowest BCUT2D eigenvalue weighted by atomic mass is 9.80. The molecule has 0 radical (unpaired) electrons. The fourth-order valence-corrected chi connectivity index (χ4v) is 3.67. The van der Waals surface area contributed by atoms with E-state index < -0.39 is 0 Å². The lowest BCUT2D eigenvalue weighted by molar-refractivity contribution is 0.336. The summed E-state index contributed by atoms with van der Waals surface area (Å²) in [5, 5.41) is 2.74. The maximum Gasteiger partial charge on any atom is 0.0122 e. The summed E-state index contributed by atoms with van der Waals surface area (Å²) in [6.45, 7) is 6.93. The number of rotatable bonds is 4. The first-order valence-electron chi connectivity index (χ1n) is 6.59. The van der Waals surface area contributed by atoms with Crippen molar-refractivity contribution in [1.29, 1.82) is 0 Å². The highest BCUT2D eigenvalue weighted by Crippen LogP contribution is 2.32. The Hall–Kier alpha value is -0.820. The molecule has 0 aromatic heterocycles. The summed E-state index contributed by atoms with van der Waals surface area (Å²) < 4.78 is 0. The molecule has 2 aromatic carbocycles. The quantitative estimate of drug-likeness (QED) is 0.647. The van der Waals surface area contributed by atoms with Gasteiger partial charge in [-0.2, -0.15) is 0 Å². The van der Waals surface area contributed by atoms with Gasteiger partial charge in [-0.1, -0.05) is 79.2 Å². The molecule has 0 aliphatic rings. The molecule has 0 nitrogen and oxygen atoms in total. The van der Waals surface area contributed by atoms with Gasteiger partial charge in [0.1, 0.15) is 0 Å². The summed E-state index contributed by atoms with van der Waals surface area (Å²) >= 11 is 3.67. The predicted octanol–water partition coefficient (Wildman–Crippen LogP) is 5.58. The zero-order valence-corrected chi connectivity index (χ0v) is 13.0. The molecule has 0 amide bonds. The minimum atomic E-state index is 0.326. The number of alkyl halides is 1. The van der Waals surface area contributed by atoms with Crippen molar-refractivity contribution in [2.24, 2.45) is 5.41 Å². The van der Waals surface area contributed by atoms with Crippen LogP contribution >= 0.6 is 15.9 Å². The van der Waals surface area contributed by atoms with Gasteiger partial charge in [-0.3, -0.25) is 0 Å². The van der Waals surface area contributed by atoms with Crippen LogP contribution in [0.15, 0.2) is 42.5 Å². The van der Waals surface area contributed by atoms with Gasteiger partial charge < -0.3 is 0 Å². The summed E-state index contributed by atoms with van der Waals surface area (Å²) in [6.07, 6.45) is 2.32. The second-order valence-electron chi connectivity index (χ2n) is 5.96. The number of halogens is 1. The second kappa shape index (κ2) is 5.44. The van der Waals surface area contributed by atoms with Gasteiger partial charge in [0.2, 0.25) is 0 Å². The zero-order chi connectivity index (χ0) is 13.2. The van der Waals surface area contributed by atoms with Crippen molar-refractivity contribution >= 4 is 26.7 Å². The van der Waals surface area contributed by atoms with Crippen LogP contribution in [0.3, 0.4) is 0 Å². The molecular weight excluding hydrogens is 284 g/mol. The Morgan fingerprint density at radius 1 is 1.06 bits per heavy atom. The molecule has 0 N–H and O–H groups in total. The van der Waals surface area contributed by atoms with Crippen LogP contribution < -0.4 is 0 Å². The van der Waals surface area contributed by atoms with Gasteiger partial charge in [-0.25, -0.2) is 0 Å². The van der Waals surface area contributed by atoms with Gasteiger partial charge in [0.15, 0.2) is 0 Å². The molecular formula is C17H21Br. The molecule has 0 saturated carbocycles. The molecule has 0 bridgehead atoms. The standard InChI is InChI=1S/C17H21Br/c1-13(18)11-17(2,3)12-15-9-6-8-14-7-4-5-10-16(14)15/h4-10,13H,11-12H2,1-3H3. The van der Waals surface area contributed by atoms with E-state index in [4.69, 9.17) is 0 Å². The average molecular weight is 305 g/mol. The third-order valence-corrected chi connectivity index (χ3v) is 3.71. The van der Waals surface area contributed by atoms with Crippen LogP contribution in [0, 0.1) is 5.41 Å². The SMILES string of the molecule is CC(Br)CC(C)(C)Cc1cccc2ccccc12. The predicted molar refractivity (Wildman–Crippen MR) is 84.4 cm³/mol. The number of hydrogen-bond acceptors (Lipinski definition) is 0. The van der Waals surface area contributed by atoms with Gasteiger partial charge in [0, 0.05) is 4.83 Å². The van der Waals surface area contributed by atoms with Crippen LogP contribution in [0.4, 0.5) is 0 Å². The minimum absolute atomic E-state index is 0.326. The molecule has 0 heterocycles. The lowest BCUT2D eigenvalue weighted by Crippen LogP contribution is -2.18. The van der Waals surface area contributed by atoms with Crippen molar-refractivity contribution in [3.63, 3.8) is 0 Å². The van der Waals surface area contributed by atoms with Crippen LogP contribution in [0.25, 0.3) is 10.8 Å². The molecule has 1 unspecified atom stereocenters. The van der Waals surface area contributed by atoms with Crippen molar-refractivity contribution in [3.05, 3.63) is 48.0 Å². The molecule has 96 valence electrons. The summed E-state index contributed by atoms with van der Waals surface area (Å²) in [5.74, 6) is 0. The van der Waals surface area contributed by atoms with Crippen LogP contribution in [-0.4, -0.2) is 4.83 Å². The topological polar surface area (TPSA) is 0 Å². The molecule has 1 heteroatoms. The molecule has 0 aliphatic heterocycles. The van der Waals surface area contributed by atoms with E-state index in [1.54, 1.807) is 0 Å². The van der Waals surface area contributed by atoms with E-state index >= 15 is 0 Å². The van der Waals surface area contributed by atoms with Crippen LogP contribution in [0.1, 0.15) is 32.8 Å². The molecule has 0 spiro atoms. The van der Waals surface area contributed by atoms with E-state index in [2.05, 4.69) is 79.2 Å². The Morgan fingerprint density at radius 3 is 2.44 bits per heavy atom. The first-order valence-corrected chi connectivity index (χ1v) is 7.50. The molecule has 2 rings (SSSR count). The van der Waals surface area contributed by atoms with Crippen molar-refractivity contribution in [2.45, 2.75) is 38.4 Å². The molecule has 1 atom stereocenters. The number of hydrogen-bond donors (Lipinski definition) is 0. The summed E-state index contributed by atoms with van der Waals surface area (Å²) in [6, 6.07) is 15.3. The fraction of sp³-hybridized carbons (Fsp3) is 0.412. The Morgan fingerprint density at radius 2 is 1.72 bits per heavy atom. The van der Waals surface area contributed by atoms with Gasteiger partial charge in [-0.05, 0) is 34.6 Å². The first-order chi connectivity index (χ1) is 8.48. The maximum absolute atomic E-state index is 3.67. The monoisotopic (exact) mass is 304 g/mol. The highest BCUT2D eigenvalue weighted by atomic mass is 79.9. The van der Waals surface area contributed by atoms with E-state index in [-0.39, 0.29) is 0 Å². The molecule has 2 aromatic rings. The smallest absolute Gasteiger partial charge is 0.0122 e. The van der Waals surface area contributed by atoms with Crippen LogP contribution in [-0.2, 0) is 6.42 Å². The number of benzene rings is 2. The maximum atomic E-state index is 3.67. The van der Waals surface area contributed by atoms with Crippen molar-refractivity contribution in [1.82, 2.24) is 0 Å². The van der Waals surface area contributed by atoms with E-state index in [1.165, 1.54) is 22.8 Å². The summed E-state index contributed by atoms with van der Waals surface area (Å²) in [5.41, 5.74) is 1.79. The molecule has 0 aliphatic carbocycles. The van der Waals surface area contributed by atoms with E-state index in [0.717, 1.165) is 6.42 Å². The highest BCUT2D eigenvalue weighted by molar-refractivity contribution is 9.09. The van der Waals surface area contributed by atoms with Crippen molar-refractivity contribution in [3.8, 4) is 0 Å². The summed E-state index contributed by atoms with van der Waals surface area (Å²) in [4.78, 5) is 0.572. The zero-order valence-electron chi connectivity index (χ0n) is 11.4. The van der Waals surface area contributed by atoms with E-state index in [9.17, 15) is 0 Å².